The van der Waals surface area contributed by atoms with Gasteiger partial charge in [0, 0.05) is 0 Å². The molecule has 14 heavy (non-hydrogen) atoms. The molecule has 1 heterocycles. The number of carbonyl (C=O) groups excluding carboxylic acids is 2. The van der Waals surface area contributed by atoms with Crippen molar-refractivity contribution in [3.8, 4) is 0 Å². The number of nitrogens with two attached hydrogens (primary N) is 1. The van der Waals surface area contributed by atoms with E-state index in [1.807, 2.05) is 0 Å². The fraction of sp³-hybridized carbons (Fsp3) is 0.625. The first-order chi connectivity index (χ1) is 6.47. The third-order valence-corrected chi connectivity index (χ3v) is 1.52. The van der Waals surface area contributed by atoms with E-state index in [-0.39, 0.29) is 12.8 Å². The standard InChI is InChI=1S/C4H9NO2.C4H4O3/c1-2-3(5)4(6)7;5-3-1-2-4(6)7-3/h3H,2,5H2,1H3,(H,6,7);1-2H2. The number of carboxylic acids is 1. The normalized spacial score (nSPS) is 16.7. The van der Waals surface area contributed by atoms with E-state index in [4.69, 9.17) is 10.8 Å². The molecule has 0 aromatic rings. The number of aliphatic carboxylic acids is 1. The molecule has 1 unspecified atom stereocenters. The number of hydrogen-bond acceptors (Lipinski definition) is 5. The van der Waals surface area contributed by atoms with Crippen molar-refractivity contribution in [2.24, 2.45) is 5.73 Å². The molecule has 1 saturated heterocycles. The van der Waals surface area contributed by atoms with Crippen LogP contribution in [0.3, 0.4) is 0 Å². The molecule has 0 bridgehead atoms. The van der Waals surface area contributed by atoms with Gasteiger partial charge in [-0.2, -0.15) is 0 Å². The van der Waals surface area contributed by atoms with Crippen LogP contribution < -0.4 is 5.73 Å². The summed E-state index contributed by atoms with van der Waals surface area (Å²) in [6.45, 7) is 1.73. The predicted octanol–water partition coefficient (Wildman–Crippen LogP) is -0.342. The Labute approximate surface area is 81.0 Å². The molecule has 0 aromatic heterocycles. The fourth-order valence-corrected chi connectivity index (χ4v) is 0.608. The zero-order valence-electron chi connectivity index (χ0n) is 7.86. The van der Waals surface area contributed by atoms with E-state index in [9.17, 15) is 14.4 Å². The van der Waals surface area contributed by atoms with Crippen LogP contribution in [0.5, 0.6) is 0 Å². The molecule has 0 spiro atoms. The van der Waals surface area contributed by atoms with Gasteiger partial charge >= 0.3 is 17.9 Å². The summed E-state index contributed by atoms with van der Waals surface area (Å²) < 4.78 is 4.08. The van der Waals surface area contributed by atoms with Gasteiger partial charge in [0.2, 0.25) is 0 Å². The molecule has 6 heteroatoms. The molecule has 0 radical (unpaired) electrons. The number of rotatable bonds is 2. The molecule has 6 nitrogen and oxygen atoms in total. The maximum absolute atomic E-state index is 10.0. The van der Waals surface area contributed by atoms with Crippen LogP contribution in [0.25, 0.3) is 0 Å². The van der Waals surface area contributed by atoms with Gasteiger partial charge in [0.1, 0.15) is 6.04 Å². The third kappa shape index (κ3) is 5.26. The average Bonchev–Trinajstić information content (AvgIpc) is 2.49. The second-order valence-corrected chi connectivity index (χ2v) is 2.70. The number of hydrogen-bond donors (Lipinski definition) is 2. The van der Waals surface area contributed by atoms with Crippen LogP contribution in [0.4, 0.5) is 0 Å². The molecule has 0 aromatic carbocycles. The Morgan fingerprint density at radius 3 is 2.00 bits per heavy atom. The van der Waals surface area contributed by atoms with Crippen LogP contribution >= 0.6 is 0 Å². The van der Waals surface area contributed by atoms with Crippen molar-refractivity contribution in [2.75, 3.05) is 0 Å². The van der Waals surface area contributed by atoms with E-state index >= 15 is 0 Å². The summed E-state index contributed by atoms with van der Waals surface area (Å²) in [5.41, 5.74) is 5.02. The summed E-state index contributed by atoms with van der Waals surface area (Å²) in [7, 11) is 0. The summed E-state index contributed by atoms with van der Waals surface area (Å²) in [5, 5.41) is 8.06. The highest BCUT2D eigenvalue weighted by Crippen LogP contribution is 2.03. The van der Waals surface area contributed by atoms with E-state index in [1.54, 1.807) is 6.92 Å². The second-order valence-electron chi connectivity index (χ2n) is 2.70. The summed E-state index contributed by atoms with van der Waals surface area (Å²) in [4.78, 5) is 29.8. The maximum Gasteiger partial charge on any atom is 0.320 e. The average molecular weight is 203 g/mol. The Morgan fingerprint density at radius 1 is 1.50 bits per heavy atom. The van der Waals surface area contributed by atoms with Gasteiger partial charge in [-0.25, -0.2) is 0 Å². The Bertz CT molecular complexity index is 224. The van der Waals surface area contributed by atoms with Crippen molar-refractivity contribution in [3.63, 3.8) is 0 Å². The Balaban J connectivity index is 0.000000241. The molecular formula is C8H13NO5. The van der Waals surface area contributed by atoms with Crippen LogP contribution in [0.2, 0.25) is 0 Å². The van der Waals surface area contributed by atoms with Gasteiger partial charge in [-0.15, -0.1) is 0 Å². The quantitative estimate of drug-likeness (QED) is 0.469. The molecule has 80 valence electrons. The second kappa shape index (κ2) is 6.09. The van der Waals surface area contributed by atoms with Gasteiger partial charge in [0.25, 0.3) is 0 Å². The first kappa shape index (κ1) is 12.6. The first-order valence-electron chi connectivity index (χ1n) is 4.19. The third-order valence-electron chi connectivity index (χ3n) is 1.52. The largest absolute Gasteiger partial charge is 0.480 e. The van der Waals surface area contributed by atoms with Crippen LogP contribution in [-0.2, 0) is 19.1 Å². The SMILES string of the molecule is CCC(N)C(=O)O.O=C1CCC(=O)O1. The minimum Gasteiger partial charge on any atom is -0.480 e. The van der Waals surface area contributed by atoms with Gasteiger partial charge in [-0.1, -0.05) is 6.92 Å². The summed E-state index contributed by atoms with van der Waals surface area (Å²) in [5.74, 6) is -1.72. The number of carboxylic acid groups (broad SMARTS) is 1. The Hall–Kier alpha value is -1.43. The van der Waals surface area contributed by atoms with Crippen molar-refractivity contribution < 1.29 is 24.2 Å². The number of carbonyl (C=O) groups is 3. The lowest BCUT2D eigenvalue weighted by atomic mass is 10.2. The van der Waals surface area contributed by atoms with E-state index in [0.29, 0.717) is 6.42 Å². The summed E-state index contributed by atoms with van der Waals surface area (Å²) >= 11 is 0. The van der Waals surface area contributed by atoms with Crippen molar-refractivity contribution in [1.29, 1.82) is 0 Å². The molecule has 1 aliphatic heterocycles. The lowest BCUT2D eigenvalue weighted by Gasteiger charge is -1.97. The maximum atomic E-state index is 10.0. The molecule has 1 rings (SSSR count). The molecule has 0 aliphatic carbocycles. The Morgan fingerprint density at radius 2 is 1.93 bits per heavy atom. The number of cyclic esters (lactones) is 2. The highest BCUT2D eigenvalue weighted by Gasteiger charge is 2.19. The fourth-order valence-electron chi connectivity index (χ4n) is 0.608. The molecule has 0 amide bonds. The van der Waals surface area contributed by atoms with Crippen LogP contribution in [-0.4, -0.2) is 29.1 Å². The molecule has 1 aliphatic rings. The van der Waals surface area contributed by atoms with Crippen molar-refractivity contribution in [3.05, 3.63) is 0 Å². The van der Waals surface area contributed by atoms with E-state index in [2.05, 4.69) is 4.74 Å². The molecular weight excluding hydrogens is 190 g/mol. The lowest BCUT2D eigenvalue weighted by Crippen LogP contribution is -2.28. The van der Waals surface area contributed by atoms with Crippen molar-refractivity contribution in [2.45, 2.75) is 32.2 Å². The van der Waals surface area contributed by atoms with Crippen LogP contribution in [0.15, 0.2) is 0 Å². The van der Waals surface area contributed by atoms with Crippen LogP contribution in [0.1, 0.15) is 26.2 Å². The first-order valence-corrected chi connectivity index (χ1v) is 4.19. The zero-order chi connectivity index (χ0) is 11.1. The zero-order valence-corrected chi connectivity index (χ0v) is 7.86. The summed E-state index contributed by atoms with van der Waals surface area (Å²) in [6, 6.07) is -0.681. The Kier molecular flexibility index (Phi) is 5.47. The monoisotopic (exact) mass is 203 g/mol. The molecule has 1 fully saturated rings. The minimum absolute atomic E-state index is 0.263. The highest BCUT2D eigenvalue weighted by atomic mass is 16.6. The predicted molar refractivity (Wildman–Crippen MR) is 46.2 cm³/mol. The van der Waals surface area contributed by atoms with Crippen LogP contribution in [0, 0.1) is 0 Å². The van der Waals surface area contributed by atoms with Gasteiger partial charge < -0.3 is 15.6 Å². The molecule has 0 saturated carbocycles. The van der Waals surface area contributed by atoms with E-state index < -0.39 is 23.9 Å². The van der Waals surface area contributed by atoms with Gasteiger partial charge in [-0.05, 0) is 6.42 Å². The van der Waals surface area contributed by atoms with Gasteiger partial charge in [0.05, 0.1) is 12.8 Å². The molecule has 1 atom stereocenters. The minimum atomic E-state index is -0.928. The van der Waals surface area contributed by atoms with Crippen molar-refractivity contribution in [1.82, 2.24) is 0 Å². The number of ether oxygens (including phenoxy) is 1. The highest BCUT2D eigenvalue weighted by molar-refractivity contribution is 5.92. The number of esters is 2. The lowest BCUT2D eigenvalue weighted by molar-refractivity contribution is -0.152. The van der Waals surface area contributed by atoms with E-state index in [0.717, 1.165) is 0 Å². The van der Waals surface area contributed by atoms with Gasteiger partial charge in [0.15, 0.2) is 0 Å². The topological polar surface area (TPSA) is 107 Å². The smallest absolute Gasteiger partial charge is 0.320 e. The summed E-state index contributed by atoms with van der Waals surface area (Å²) in [6.07, 6.45) is 1.02. The van der Waals surface area contributed by atoms with Gasteiger partial charge in [-0.3, -0.25) is 14.4 Å². The molecule has 3 N–H and O–H groups in total. The van der Waals surface area contributed by atoms with E-state index in [1.165, 1.54) is 0 Å². The van der Waals surface area contributed by atoms with Crippen molar-refractivity contribution >= 4 is 17.9 Å².